The normalized spacial score (nSPS) is 20.6. The summed E-state index contributed by atoms with van der Waals surface area (Å²) in [5, 5.41) is 1.51. The van der Waals surface area contributed by atoms with Crippen molar-refractivity contribution in [3.63, 3.8) is 0 Å². The molecule has 1 saturated heterocycles. The van der Waals surface area contributed by atoms with Gasteiger partial charge < -0.3 is 0 Å². The lowest BCUT2D eigenvalue weighted by Crippen LogP contribution is -2.38. The van der Waals surface area contributed by atoms with Crippen LogP contribution in [0, 0.1) is 12.7 Å². The summed E-state index contributed by atoms with van der Waals surface area (Å²) in [6.45, 7) is 1.85. The second-order valence-corrected chi connectivity index (χ2v) is 4.07. The topological polar surface area (TPSA) is 32.3 Å². The van der Waals surface area contributed by atoms with E-state index in [4.69, 9.17) is 0 Å². The fourth-order valence-corrected chi connectivity index (χ4v) is 2.16. The maximum Gasteiger partial charge on any atom is 0.237 e. The highest BCUT2D eigenvalue weighted by Crippen LogP contribution is 2.32. The first kappa shape index (κ1) is 11.1. The molecule has 0 bridgehead atoms. The van der Waals surface area contributed by atoms with E-state index in [1.807, 2.05) is 13.0 Å². The van der Waals surface area contributed by atoms with Gasteiger partial charge in [0.25, 0.3) is 0 Å². The molecule has 86 valence electrons. The Bertz CT molecular complexity index is 419. The van der Waals surface area contributed by atoms with E-state index in [0.29, 0.717) is 18.4 Å². The van der Waals surface area contributed by atoms with Gasteiger partial charge in [-0.15, -0.1) is 0 Å². The van der Waals surface area contributed by atoms with Crippen molar-refractivity contribution in [2.75, 3.05) is 7.05 Å². The number of hydrogen-bond donors (Lipinski definition) is 1. The van der Waals surface area contributed by atoms with Crippen molar-refractivity contribution < 1.29 is 9.18 Å². The van der Waals surface area contributed by atoms with Gasteiger partial charge in [0, 0.05) is 19.0 Å². The number of carbonyl (C=O) groups excluding carboxylic acids is 1. The summed E-state index contributed by atoms with van der Waals surface area (Å²) in [6, 6.07) is 4.96. The van der Waals surface area contributed by atoms with E-state index in [1.165, 1.54) is 11.1 Å². The molecule has 1 unspecified atom stereocenters. The van der Waals surface area contributed by atoms with Crippen LogP contribution in [0.4, 0.5) is 4.39 Å². The molecule has 0 aliphatic carbocycles. The molecule has 1 aliphatic rings. The zero-order chi connectivity index (χ0) is 11.7. The van der Waals surface area contributed by atoms with Gasteiger partial charge in [-0.25, -0.2) is 9.82 Å². The molecule has 0 spiro atoms. The summed E-state index contributed by atoms with van der Waals surface area (Å²) in [6.07, 6.45) is 1.14. The molecule has 1 N–H and O–H groups in total. The lowest BCUT2D eigenvalue weighted by molar-refractivity contribution is -0.131. The Morgan fingerprint density at radius 2 is 2.25 bits per heavy atom. The Morgan fingerprint density at radius 3 is 2.88 bits per heavy atom. The molecule has 1 aliphatic heterocycles. The summed E-state index contributed by atoms with van der Waals surface area (Å²) in [7, 11) is 1.68. The third-order valence-corrected chi connectivity index (χ3v) is 2.97. The average molecular weight is 222 g/mol. The van der Waals surface area contributed by atoms with Crippen LogP contribution in [0.3, 0.4) is 0 Å². The van der Waals surface area contributed by atoms with Crippen molar-refractivity contribution in [1.82, 2.24) is 10.4 Å². The number of rotatable bonds is 2. The van der Waals surface area contributed by atoms with E-state index >= 15 is 0 Å². The molecule has 1 aromatic carbocycles. The number of hydrazine groups is 1. The van der Waals surface area contributed by atoms with Crippen LogP contribution in [0.2, 0.25) is 0 Å². The van der Waals surface area contributed by atoms with E-state index in [0.717, 1.165) is 5.56 Å². The van der Waals surface area contributed by atoms with Crippen LogP contribution >= 0.6 is 0 Å². The van der Waals surface area contributed by atoms with Crippen LogP contribution in [-0.4, -0.2) is 18.0 Å². The molecule has 1 atom stereocenters. The maximum atomic E-state index is 13.8. The van der Waals surface area contributed by atoms with Crippen molar-refractivity contribution in [3.8, 4) is 0 Å². The highest BCUT2D eigenvalue weighted by Gasteiger charge is 2.32. The molecule has 1 aromatic rings. The Labute approximate surface area is 94.2 Å². The van der Waals surface area contributed by atoms with Crippen LogP contribution in [0.1, 0.15) is 30.0 Å². The van der Waals surface area contributed by atoms with Gasteiger partial charge in [-0.3, -0.25) is 9.80 Å². The Balaban J connectivity index is 2.33. The fourth-order valence-electron chi connectivity index (χ4n) is 2.16. The second kappa shape index (κ2) is 4.22. The minimum atomic E-state index is -0.236. The van der Waals surface area contributed by atoms with Gasteiger partial charge in [-0.1, -0.05) is 12.1 Å². The lowest BCUT2D eigenvalue weighted by atomic mass is 10.0. The zero-order valence-electron chi connectivity index (χ0n) is 9.46. The monoisotopic (exact) mass is 222 g/mol. The first-order valence-electron chi connectivity index (χ1n) is 5.39. The number of nitrogens with one attached hydrogen (secondary N) is 1. The summed E-state index contributed by atoms with van der Waals surface area (Å²) >= 11 is 0. The molecule has 2 rings (SSSR count). The molecule has 4 heteroatoms. The van der Waals surface area contributed by atoms with E-state index in [-0.39, 0.29) is 17.8 Å². The lowest BCUT2D eigenvalue weighted by Gasteiger charge is -2.24. The third-order valence-electron chi connectivity index (χ3n) is 2.97. The quantitative estimate of drug-likeness (QED) is 0.829. The average Bonchev–Trinajstić information content (AvgIpc) is 2.59. The largest absolute Gasteiger partial charge is 0.273 e. The number of aryl methyl sites for hydroxylation is 1. The number of carbonyl (C=O) groups is 1. The summed E-state index contributed by atoms with van der Waals surface area (Å²) in [5.74, 6) is -0.215. The van der Waals surface area contributed by atoms with Gasteiger partial charge in [0.05, 0.1) is 6.04 Å². The van der Waals surface area contributed by atoms with E-state index < -0.39 is 0 Å². The minimum Gasteiger partial charge on any atom is -0.273 e. The highest BCUT2D eigenvalue weighted by molar-refractivity contribution is 5.78. The van der Waals surface area contributed by atoms with Crippen molar-refractivity contribution >= 4 is 5.91 Å². The van der Waals surface area contributed by atoms with Crippen molar-refractivity contribution in [1.29, 1.82) is 0 Å². The van der Waals surface area contributed by atoms with Crippen LogP contribution in [0.5, 0.6) is 0 Å². The van der Waals surface area contributed by atoms with E-state index in [9.17, 15) is 9.18 Å². The molecule has 16 heavy (non-hydrogen) atoms. The summed E-state index contributed by atoms with van der Waals surface area (Å²) in [4.78, 5) is 11.5. The number of halogens is 1. The smallest absolute Gasteiger partial charge is 0.237 e. The molecular weight excluding hydrogens is 207 g/mol. The number of amides is 1. The summed E-state index contributed by atoms with van der Waals surface area (Å²) < 4.78 is 13.8. The molecular formula is C12H15FN2O. The standard InChI is InChI=1S/C12H15FN2O/c1-8-3-4-9(10(13)7-8)11-5-6-12(16)15(11)14-2/h3-4,7,11,14H,5-6H2,1-2H3. The number of hydrogen-bond acceptors (Lipinski definition) is 2. The Morgan fingerprint density at radius 1 is 1.50 bits per heavy atom. The van der Waals surface area contributed by atoms with E-state index in [2.05, 4.69) is 5.43 Å². The molecule has 3 nitrogen and oxygen atoms in total. The van der Waals surface area contributed by atoms with Crippen molar-refractivity contribution in [3.05, 3.63) is 35.1 Å². The molecule has 1 amide bonds. The predicted molar refractivity (Wildman–Crippen MR) is 59.0 cm³/mol. The molecule has 1 fully saturated rings. The van der Waals surface area contributed by atoms with Crippen LogP contribution in [0.25, 0.3) is 0 Å². The first-order chi connectivity index (χ1) is 7.63. The molecule has 0 radical (unpaired) electrons. The van der Waals surface area contributed by atoms with Crippen molar-refractivity contribution in [2.24, 2.45) is 0 Å². The van der Waals surface area contributed by atoms with Gasteiger partial charge >= 0.3 is 0 Å². The predicted octanol–water partition coefficient (Wildman–Crippen LogP) is 1.93. The third kappa shape index (κ3) is 1.80. The van der Waals surface area contributed by atoms with Gasteiger partial charge in [-0.2, -0.15) is 0 Å². The minimum absolute atomic E-state index is 0.0208. The molecule has 0 saturated carbocycles. The van der Waals surface area contributed by atoms with Crippen LogP contribution in [-0.2, 0) is 4.79 Å². The van der Waals surface area contributed by atoms with Gasteiger partial charge in [0.2, 0.25) is 5.91 Å². The van der Waals surface area contributed by atoms with Gasteiger partial charge in [0.1, 0.15) is 5.82 Å². The second-order valence-electron chi connectivity index (χ2n) is 4.07. The van der Waals surface area contributed by atoms with Gasteiger partial charge in [-0.05, 0) is 25.0 Å². The SMILES string of the molecule is CNN1C(=O)CCC1c1ccc(C)cc1F. The van der Waals surface area contributed by atoms with E-state index in [1.54, 1.807) is 13.1 Å². The highest BCUT2D eigenvalue weighted by atomic mass is 19.1. The number of benzene rings is 1. The molecule has 0 aromatic heterocycles. The van der Waals surface area contributed by atoms with Crippen LogP contribution < -0.4 is 5.43 Å². The maximum absolute atomic E-state index is 13.8. The summed E-state index contributed by atoms with van der Waals surface area (Å²) in [5.41, 5.74) is 4.30. The van der Waals surface area contributed by atoms with Crippen LogP contribution in [0.15, 0.2) is 18.2 Å². The Kier molecular flexibility index (Phi) is 2.92. The zero-order valence-corrected chi connectivity index (χ0v) is 9.46. The molecule has 1 heterocycles. The van der Waals surface area contributed by atoms with Crippen molar-refractivity contribution in [2.45, 2.75) is 25.8 Å². The Hall–Kier alpha value is -1.42. The number of nitrogens with zero attached hydrogens (tertiary/aromatic N) is 1. The fraction of sp³-hybridized carbons (Fsp3) is 0.417. The first-order valence-corrected chi connectivity index (χ1v) is 5.39. The van der Waals surface area contributed by atoms with Gasteiger partial charge in [0.15, 0.2) is 0 Å².